The molecule has 1 aromatic heterocycles. The summed E-state index contributed by atoms with van der Waals surface area (Å²) in [6.45, 7) is 4.30. The fraction of sp³-hybridized carbons (Fsp3) is 0.333. The predicted molar refractivity (Wildman–Crippen MR) is 122 cm³/mol. The van der Waals surface area contributed by atoms with Crippen molar-refractivity contribution in [3.63, 3.8) is 0 Å². The Bertz CT molecular complexity index is 1050. The minimum absolute atomic E-state index is 0.201. The number of aromatic nitrogens is 1. The van der Waals surface area contributed by atoms with Crippen LogP contribution in [0.1, 0.15) is 10.4 Å². The van der Waals surface area contributed by atoms with E-state index in [1.165, 1.54) is 18.4 Å². The Balaban J connectivity index is 1.68. The average Bonchev–Trinajstić information content (AvgIpc) is 3.17. The number of benzene rings is 2. The normalized spacial score (nSPS) is 14.8. The van der Waals surface area contributed by atoms with Gasteiger partial charge in [-0.25, -0.2) is 4.98 Å². The summed E-state index contributed by atoms with van der Waals surface area (Å²) in [5.74, 6) is 0.276. The van der Waals surface area contributed by atoms with E-state index in [1.807, 2.05) is 12.1 Å². The van der Waals surface area contributed by atoms with E-state index in [9.17, 15) is 4.79 Å². The van der Waals surface area contributed by atoms with Crippen LogP contribution in [0.4, 0.5) is 5.13 Å². The number of ether oxygens (including phenoxy) is 2. The van der Waals surface area contributed by atoms with Crippen molar-refractivity contribution in [2.75, 3.05) is 51.4 Å². The van der Waals surface area contributed by atoms with Crippen molar-refractivity contribution < 1.29 is 14.3 Å². The second-order valence-corrected chi connectivity index (χ2v) is 8.75. The number of amides is 1. The van der Waals surface area contributed by atoms with Crippen LogP contribution in [0.3, 0.4) is 0 Å². The largest absolute Gasteiger partial charge is 0.496 e. The maximum Gasteiger partial charge on any atom is 0.263 e. The van der Waals surface area contributed by atoms with Crippen LogP contribution >= 0.6 is 34.5 Å². The highest BCUT2D eigenvalue weighted by Gasteiger charge is 2.25. The SMILES string of the molecule is COc1ccc(Cl)cc1C(=O)N(CCN1CCOCC1)c1nc2ccc(Cl)cc2s1. The van der Waals surface area contributed by atoms with E-state index in [2.05, 4.69) is 4.90 Å². The van der Waals surface area contributed by atoms with Gasteiger partial charge in [-0.15, -0.1) is 0 Å². The molecule has 2 aromatic carbocycles. The van der Waals surface area contributed by atoms with Gasteiger partial charge in [-0.05, 0) is 36.4 Å². The number of thiazole rings is 1. The number of fused-ring (bicyclic) bond motifs is 1. The Kier molecular flexibility index (Phi) is 6.75. The number of hydrogen-bond acceptors (Lipinski definition) is 6. The highest BCUT2D eigenvalue weighted by Crippen LogP contribution is 2.33. The van der Waals surface area contributed by atoms with Gasteiger partial charge in [-0.1, -0.05) is 34.5 Å². The molecule has 6 nitrogen and oxygen atoms in total. The lowest BCUT2D eigenvalue weighted by Gasteiger charge is -2.29. The van der Waals surface area contributed by atoms with Crippen molar-refractivity contribution in [2.45, 2.75) is 0 Å². The van der Waals surface area contributed by atoms with Crippen LogP contribution in [0.5, 0.6) is 5.75 Å². The van der Waals surface area contributed by atoms with Crippen LogP contribution in [-0.2, 0) is 4.74 Å². The Hall–Kier alpha value is -1.90. The van der Waals surface area contributed by atoms with Gasteiger partial charge in [0.25, 0.3) is 5.91 Å². The summed E-state index contributed by atoms with van der Waals surface area (Å²) in [7, 11) is 1.54. The summed E-state index contributed by atoms with van der Waals surface area (Å²) in [6.07, 6.45) is 0. The second kappa shape index (κ2) is 9.49. The molecule has 0 spiro atoms. The lowest BCUT2D eigenvalue weighted by Crippen LogP contribution is -2.43. The van der Waals surface area contributed by atoms with Gasteiger partial charge < -0.3 is 9.47 Å². The molecule has 0 unspecified atom stereocenters. The molecule has 0 bridgehead atoms. The first-order chi connectivity index (χ1) is 14.5. The van der Waals surface area contributed by atoms with E-state index in [-0.39, 0.29) is 5.91 Å². The monoisotopic (exact) mass is 465 g/mol. The topological polar surface area (TPSA) is 54.9 Å². The third-order valence-corrected chi connectivity index (χ3v) is 6.46. The van der Waals surface area contributed by atoms with E-state index < -0.39 is 0 Å². The van der Waals surface area contributed by atoms with Crippen molar-refractivity contribution in [3.05, 3.63) is 52.0 Å². The summed E-state index contributed by atoms with van der Waals surface area (Å²) in [5, 5.41) is 1.73. The molecule has 1 fully saturated rings. The molecule has 0 saturated carbocycles. The quantitative estimate of drug-likeness (QED) is 0.532. The van der Waals surface area contributed by atoms with Crippen molar-refractivity contribution in [1.29, 1.82) is 0 Å². The summed E-state index contributed by atoms with van der Waals surface area (Å²) in [5.41, 5.74) is 1.21. The first-order valence-corrected chi connectivity index (χ1v) is 11.1. The number of methoxy groups -OCH3 is 1. The van der Waals surface area contributed by atoms with Gasteiger partial charge in [0.2, 0.25) is 0 Å². The molecule has 1 aliphatic heterocycles. The third kappa shape index (κ3) is 4.71. The lowest BCUT2D eigenvalue weighted by atomic mass is 10.1. The smallest absolute Gasteiger partial charge is 0.263 e. The number of carbonyl (C=O) groups excluding carboxylic acids is 1. The molecule has 0 radical (unpaired) electrons. The maximum absolute atomic E-state index is 13.6. The number of anilines is 1. The molecule has 1 amide bonds. The summed E-state index contributed by atoms with van der Waals surface area (Å²) in [6, 6.07) is 10.6. The molecule has 2 heterocycles. The van der Waals surface area contributed by atoms with Crippen LogP contribution in [-0.4, -0.2) is 62.3 Å². The van der Waals surface area contributed by atoms with Crippen LogP contribution < -0.4 is 9.64 Å². The van der Waals surface area contributed by atoms with Crippen molar-refractivity contribution >= 4 is 55.8 Å². The van der Waals surface area contributed by atoms with Gasteiger partial charge in [-0.3, -0.25) is 14.6 Å². The molecule has 9 heteroatoms. The first-order valence-electron chi connectivity index (χ1n) is 9.57. The number of halogens is 2. The summed E-state index contributed by atoms with van der Waals surface area (Å²) >= 11 is 13.7. The highest BCUT2D eigenvalue weighted by atomic mass is 35.5. The molecule has 0 aliphatic carbocycles. The van der Waals surface area contributed by atoms with Crippen LogP contribution in [0.25, 0.3) is 10.2 Å². The van der Waals surface area contributed by atoms with Crippen molar-refractivity contribution in [1.82, 2.24) is 9.88 Å². The maximum atomic E-state index is 13.6. The second-order valence-electron chi connectivity index (χ2n) is 6.86. The fourth-order valence-corrected chi connectivity index (χ4v) is 4.78. The zero-order chi connectivity index (χ0) is 21.1. The Labute approximate surface area is 188 Å². The van der Waals surface area contributed by atoms with Gasteiger partial charge >= 0.3 is 0 Å². The Morgan fingerprint density at radius 1 is 1.20 bits per heavy atom. The Morgan fingerprint density at radius 3 is 2.70 bits per heavy atom. The minimum Gasteiger partial charge on any atom is -0.496 e. The number of morpholine rings is 1. The molecular weight excluding hydrogens is 445 g/mol. The van der Waals surface area contributed by atoms with Gasteiger partial charge in [0.1, 0.15) is 5.75 Å². The van der Waals surface area contributed by atoms with Gasteiger partial charge in [0, 0.05) is 36.2 Å². The van der Waals surface area contributed by atoms with E-state index >= 15 is 0 Å². The van der Waals surface area contributed by atoms with E-state index in [0.29, 0.717) is 52.8 Å². The molecule has 1 aliphatic rings. The average molecular weight is 466 g/mol. The highest BCUT2D eigenvalue weighted by molar-refractivity contribution is 7.22. The van der Waals surface area contributed by atoms with Gasteiger partial charge in [0.15, 0.2) is 5.13 Å². The fourth-order valence-electron chi connectivity index (χ4n) is 3.34. The van der Waals surface area contributed by atoms with Crippen molar-refractivity contribution in [3.8, 4) is 5.75 Å². The lowest BCUT2D eigenvalue weighted by molar-refractivity contribution is 0.0391. The van der Waals surface area contributed by atoms with E-state index in [4.69, 9.17) is 37.7 Å². The zero-order valence-electron chi connectivity index (χ0n) is 16.4. The standard InChI is InChI=1S/C21H21Cl2N3O3S/c1-28-18-5-3-14(22)12-16(18)20(27)26(7-6-25-8-10-29-11-9-25)21-24-17-4-2-15(23)13-19(17)30-21/h2-5,12-13H,6-11H2,1H3. The molecular formula is C21H21Cl2N3O3S. The van der Waals surface area contributed by atoms with Crippen molar-refractivity contribution in [2.24, 2.45) is 0 Å². The molecule has 4 rings (SSSR count). The first kappa shape index (κ1) is 21.3. The predicted octanol–water partition coefficient (Wildman–Crippen LogP) is 4.59. The molecule has 0 atom stereocenters. The summed E-state index contributed by atoms with van der Waals surface area (Å²) in [4.78, 5) is 22.2. The number of hydrogen-bond donors (Lipinski definition) is 0. The van der Waals surface area contributed by atoms with Crippen LogP contribution in [0.2, 0.25) is 10.0 Å². The number of carbonyl (C=O) groups is 1. The third-order valence-electron chi connectivity index (χ3n) is 4.95. The molecule has 3 aromatic rings. The molecule has 30 heavy (non-hydrogen) atoms. The van der Waals surface area contributed by atoms with E-state index in [1.54, 1.807) is 29.2 Å². The van der Waals surface area contributed by atoms with Crippen LogP contribution in [0.15, 0.2) is 36.4 Å². The molecule has 158 valence electrons. The van der Waals surface area contributed by atoms with Gasteiger partial charge in [0.05, 0.1) is 36.1 Å². The number of rotatable bonds is 6. The minimum atomic E-state index is -0.201. The Morgan fingerprint density at radius 2 is 1.93 bits per heavy atom. The zero-order valence-corrected chi connectivity index (χ0v) is 18.8. The van der Waals surface area contributed by atoms with Gasteiger partial charge in [-0.2, -0.15) is 0 Å². The van der Waals surface area contributed by atoms with E-state index in [0.717, 1.165) is 23.3 Å². The number of nitrogens with zero attached hydrogens (tertiary/aromatic N) is 3. The summed E-state index contributed by atoms with van der Waals surface area (Å²) < 4.78 is 11.8. The molecule has 1 saturated heterocycles. The molecule has 0 N–H and O–H groups in total. The van der Waals surface area contributed by atoms with Crippen LogP contribution in [0, 0.1) is 0 Å².